The van der Waals surface area contributed by atoms with Gasteiger partial charge in [0, 0.05) is 25.3 Å². The first-order valence-electron chi connectivity index (χ1n) is 11.2. The number of hydrogen-bond acceptors (Lipinski definition) is 6. The Bertz CT molecular complexity index is 1400. The van der Waals surface area contributed by atoms with Crippen LogP contribution in [0.2, 0.25) is 0 Å². The van der Waals surface area contributed by atoms with E-state index in [0.717, 1.165) is 46.3 Å². The number of nitrogens with zero attached hydrogens (tertiary/aromatic N) is 4. The Morgan fingerprint density at radius 1 is 1.06 bits per heavy atom. The summed E-state index contributed by atoms with van der Waals surface area (Å²) in [6.45, 7) is 0.908. The van der Waals surface area contributed by atoms with Crippen LogP contribution in [0.5, 0.6) is 0 Å². The number of methoxy groups -OCH3 is 2. The largest absolute Gasteiger partial charge is 0.465 e. The molecule has 0 unspecified atom stereocenters. The number of imidazole rings is 1. The minimum absolute atomic E-state index is 0.152. The van der Waals surface area contributed by atoms with Crippen molar-refractivity contribution in [1.82, 2.24) is 19.1 Å². The minimum atomic E-state index is -0.377. The maximum absolute atomic E-state index is 12.3. The lowest BCUT2D eigenvalue weighted by Gasteiger charge is -2.17. The molecule has 2 heterocycles. The Balaban J connectivity index is 1.68. The Morgan fingerprint density at radius 3 is 2.61 bits per heavy atom. The zero-order valence-corrected chi connectivity index (χ0v) is 18.8. The number of esters is 1. The van der Waals surface area contributed by atoms with E-state index in [0.29, 0.717) is 24.8 Å². The summed E-state index contributed by atoms with van der Waals surface area (Å²) < 4.78 is 14.0. The molecule has 0 aliphatic heterocycles. The van der Waals surface area contributed by atoms with Crippen LogP contribution in [0.1, 0.15) is 42.1 Å². The van der Waals surface area contributed by atoms with E-state index in [-0.39, 0.29) is 11.5 Å². The van der Waals surface area contributed by atoms with Gasteiger partial charge in [-0.25, -0.2) is 14.8 Å². The molecule has 33 heavy (non-hydrogen) atoms. The maximum Gasteiger partial charge on any atom is 0.337 e. The van der Waals surface area contributed by atoms with E-state index >= 15 is 0 Å². The standard InChI is InChI=1S/C25H26N4O4/c1-32-12-11-28-21-9-7-16(13-19(21)26-15-23(28)30)24-27-20-14-17(25(31)33-2)8-10-22(20)29(24)18-5-3-4-6-18/h7-10,13-15,18H,3-6,11-12H2,1-2H3. The summed E-state index contributed by atoms with van der Waals surface area (Å²) in [5, 5.41) is 0. The van der Waals surface area contributed by atoms with Crippen molar-refractivity contribution in [3.63, 3.8) is 0 Å². The van der Waals surface area contributed by atoms with Crippen LogP contribution in [0.15, 0.2) is 47.4 Å². The van der Waals surface area contributed by atoms with Gasteiger partial charge in [0.05, 0.1) is 47.5 Å². The molecular formula is C25H26N4O4. The number of aromatic nitrogens is 4. The van der Waals surface area contributed by atoms with E-state index in [1.165, 1.54) is 26.1 Å². The van der Waals surface area contributed by atoms with Crippen molar-refractivity contribution >= 4 is 28.0 Å². The summed E-state index contributed by atoms with van der Waals surface area (Å²) in [5.74, 6) is 0.468. The van der Waals surface area contributed by atoms with Gasteiger partial charge in [-0.3, -0.25) is 4.79 Å². The van der Waals surface area contributed by atoms with Crippen LogP contribution in [0.3, 0.4) is 0 Å². The van der Waals surface area contributed by atoms with Crippen molar-refractivity contribution < 1.29 is 14.3 Å². The fourth-order valence-corrected chi connectivity index (χ4v) is 4.80. The zero-order chi connectivity index (χ0) is 22.9. The third-order valence-corrected chi connectivity index (χ3v) is 6.42. The van der Waals surface area contributed by atoms with Crippen LogP contribution in [-0.2, 0) is 16.0 Å². The molecule has 1 aliphatic carbocycles. The second-order valence-corrected chi connectivity index (χ2v) is 8.38. The lowest BCUT2D eigenvalue weighted by atomic mass is 10.1. The molecule has 2 aromatic carbocycles. The second kappa shape index (κ2) is 8.78. The predicted molar refractivity (Wildman–Crippen MR) is 125 cm³/mol. The topological polar surface area (TPSA) is 88.2 Å². The lowest BCUT2D eigenvalue weighted by Crippen LogP contribution is -2.22. The molecule has 1 aliphatic rings. The van der Waals surface area contributed by atoms with Crippen molar-refractivity contribution in [3.05, 3.63) is 58.5 Å². The van der Waals surface area contributed by atoms with Gasteiger partial charge >= 0.3 is 5.97 Å². The fraction of sp³-hybridized carbons (Fsp3) is 0.360. The number of rotatable bonds is 6. The quantitative estimate of drug-likeness (QED) is 0.417. The van der Waals surface area contributed by atoms with Crippen molar-refractivity contribution in [2.75, 3.05) is 20.8 Å². The fourth-order valence-electron chi connectivity index (χ4n) is 4.80. The highest BCUT2D eigenvalue weighted by Crippen LogP contribution is 2.37. The molecular weight excluding hydrogens is 420 g/mol. The summed E-state index contributed by atoms with van der Waals surface area (Å²) in [4.78, 5) is 33.7. The van der Waals surface area contributed by atoms with Gasteiger partial charge in [0.2, 0.25) is 0 Å². The molecule has 5 rings (SSSR count). The van der Waals surface area contributed by atoms with Crippen molar-refractivity contribution in [1.29, 1.82) is 0 Å². The highest BCUT2D eigenvalue weighted by Gasteiger charge is 2.24. The van der Waals surface area contributed by atoms with E-state index in [9.17, 15) is 9.59 Å². The Kier molecular flexibility index (Phi) is 5.68. The van der Waals surface area contributed by atoms with Crippen molar-refractivity contribution in [2.24, 2.45) is 0 Å². The number of hydrogen-bond donors (Lipinski definition) is 0. The van der Waals surface area contributed by atoms with E-state index in [1.807, 2.05) is 24.3 Å². The Hall–Kier alpha value is -3.52. The van der Waals surface area contributed by atoms with Gasteiger partial charge in [-0.1, -0.05) is 12.8 Å². The first-order chi connectivity index (χ1) is 16.1. The summed E-state index contributed by atoms with van der Waals surface area (Å²) in [6.07, 6.45) is 5.92. The van der Waals surface area contributed by atoms with Crippen molar-refractivity contribution in [2.45, 2.75) is 38.3 Å². The first kappa shape index (κ1) is 21.3. The molecule has 4 aromatic rings. The highest BCUT2D eigenvalue weighted by atomic mass is 16.5. The molecule has 0 saturated heterocycles. The molecule has 0 amide bonds. The molecule has 0 radical (unpaired) electrons. The van der Waals surface area contributed by atoms with Gasteiger partial charge < -0.3 is 18.6 Å². The third-order valence-electron chi connectivity index (χ3n) is 6.42. The van der Waals surface area contributed by atoms with E-state index < -0.39 is 0 Å². The predicted octanol–water partition coefficient (Wildman–Crippen LogP) is 3.96. The van der Waals surface area contributed by atoms with Crippen LogP contribution in [0.4, 0.5) is 0 Å². The van der Waals surface area contributed by atoms with Gasteiger partial charge in [0.25, 0.3) is 5.56 Å². The summed E-state index contributed by atoms with van der Waals surface area (Å²) >= 11 is 0. The summed E-state index contributed by atoms with van der Waals surface area (Å²) in [5.41, 5.74) is 4.51. The third kappa shape index (κ3) is 3.80. The van der Waals surface area contributed by atoms with Gasteiger partial charge in [0.15, 0.2) is 0 Å². The number of carbonyl (C=O) groups excluding carboxylic acids is 1. The summed E-state index contributed by atoms with van der Waals surface area (Å²) in [7, 11) is 3.00. The van der Waals surface area contributed by atoms with Crippen LogP contribution >= 0.6 is 0 Å². The van der Waals surface area contributed by atoms with Gasteiger partial charge in [-0.15, -0.1) is 0 Å². The van der Waals surface area contributed by atoms with Crippen LogP contribution in [0.25, 0.3) is 33.5 Å². The number of benzene rings is 2. The van der Waals surface area contributed by atoms with Crippen LogP contribution in [0, 0.1) is 0 Å². The van der Waals surface area contributed by atoms with Crippen molar-refractivity contribution in [3.8, 4) is 11.4 Å². The number of ether oxygens (including phenoxy) is 2. The molecule has 0 N–H and O–H groups in total. The van der Waals surface area contributed by atoms with Crippen LogP contribution < -0.4 is 5.56 Å². The Morgan fingerprint density at radius 2 is 1.85 bits per heavy atom. The Labute approximate surface area is 190 Å². The normalized spacial score (nSPS) is 14.4. The van der Waals surface area contributed by atoms with Crippen LogP contribution in [-0.4, -0.2) is 45.9 Å². The van der Waals surface area contributed by atoms with Gasteiger partial charge in [-0.05, 0) is 49.2 Å². The average molecular weight is 447 g/mol. The second-order valence-electron chi connectivity index (χ2n) is 8.38. The molecule has 1 fully saturated rings. The summed E-state index contributed by atoms with van der Waals surface area (Å²) in [6, 6.07) is 11.8. The number of fused-ring (bicyclic) bond motifs is 2. The highest BCUT2D eigenvalue weighted by molar-refractivity contribution is 5.94. The zero-order valence-electron chi connectivity index (χ0n) is 18.8. The van der Waals surface area contributed by atoms with Gasteiger partial charge in [0.1, 0.15) is 5.82 Å². The molecule has 0 atom stereocenters. The number of carbonyl (C=O) groups is 1. The van der Waals surface area contributed by atoms with Gasteiger partial charge in [-0.2, -0.15) is 0 Å². The molecule has 2 aromatic heterocycles. The molecule has 8 heteroatoms. The van der Waals surface area contributed by atoms with E-state index in [4.69, 9.17) is 14.5 Å². The monoisotopic (exact) mass is 446 g/mol. The maximum atomic E-state index is 12.3. The minimum Gasteiger partial charge on any atom is -0.465 e. The van der Waals surface area contributed by atoms with E-state index in [2.05, 4.69) is 9.55 Å². The molecule has 1 saturated carbocycles. The molecule has 170 valence electrons. The smallest absolute Gasteiger partial charge is 0.337 e. The SMILES string of the molecule is COCCn1c(=O)cnc2cc(-c3nc4cc(C(=O)OC)ccc4n3C3CCCC3)ccc21. The van der Waals surface area contributed by atoms with E-state index in [1.54, 1.807) is 23.8 Å². The lowest BCUT2D eigenvalue weighted by molar-refractivity contribution is 0.0601. The average Bonchev–Trinajstić information content (AvgIpc) is 3.49. The molecule has 8 nitrogen and oxygen atoms in total. The first-order valence-corrected chi connectivity index (χ1v) is 11.2. The molecule has 0 bridgehead atoms. The molecule has 0 spiro atoms.